The van der Waals surface area contributed by atoms with Gasteiger partial charge in [-0.2, -0.15) is 5.26 Å². The highest BCUT2D eigenvalue weighted by molar-refractivity contribution is 6.07. The number of anilines is 2. The Balaban J connectivity index is 1.45. The normalized spacial score (nSPS) is 13.4. The van der Waals surface area contributed by atoms with Gasteiger partial charge < -0.3 is 14.4 Å². The molecule has 37 heavy (non-hydrogen) atoms. The Hall–Kier alpha value is -4.48. The number of nitriles is 1. The average Bonchev–Trinajstić information content (AvgIpc) is 3.58. The van der Waals surface area contributed by atoms with E-state index in [0.717, 1.165) is 30.8 Å². The van der Waals surface area contributed by atoms with Crippen molar-refractivity contribution in [2.45, 2.75) is 19.4 Å². The van der Waals surface area contributed by atoms with Gasteiger partial charge in [0.25, 0.3) is 11.8 Å². The maximum atomic E-state index is 13.0. The highest BCUT2D eigenvalue weighted by Crippen LogP contribution is 2.26. The first-order chi connectivity index (χ1) is 18.0. The molecule has 8 heteroatoms. The van der Waals surface area contributed by atoms with Crippen molar-refractivity contribution in [3.05, 3.63) is 89.5 Å². The summed E-state index contributed by atoms with van der Waals surface area (Å²) in [6, 6.07) is 23.5. The molecule has 3 aromatic carbocycles. The molecule has 4 aromatic rings. The van der Waals surface area contributed by atoms with Crippen molar-refractivity contribution in [1.29, 1.82) is 5.26 Å². The van der Waals surface area contributed by atoms with Crippen molar-refractivity contribution in [1.82, 2.24) is 14.5 Å². The van der Waals surface area contributed by atoms with E-state index in [1.54, 1.807) is 48.3 Å². The summed E-state index contributed by atoms with van der Waals surface area (Å²) < 4.78 is 2.03. The van der Waals surface area contributed by atoms with Crippen molar-refractivity contribution < 1.29 is 9.59 Å². The Bertz CT molecular complexity index is 1460. The first-order valence-corrected chi connectivity index (χ1v) is 12.4. The molecule has 5 rings (SSSR count). The number of aromatic nitrogens is 2. The Labute approximate surface area is 215 Å². The van der Waals surface area contributed by atoms with Crippen LogP contribution in [0.25, 0.3) is 11.0 Å². The Kier molecular flexibility index (Phi) is 6.97. The monoisotopic (exact) mass is 492 g/mol. The minimum absolute atomic E-state index is 0.109. The molecule has 1 saturated heterocycles. The highest BCUT2D eigenvalue weighted by Gasteiger charge is 2.19. The molecule has 0 radical (unpaired) electrons. The molecule has 1 aliphatic heterocycles. The van der Waals surface area contributed by atoms with E-state index in [-0.39, 0.29) is 11.8 Å². The third-order valence-electron chi connectivity index (χ3n) is 6.78. The van der Waals surface area contributed by atoms with Crippen LogP contribution in [0.15, 0.2) is 72.8 Å². The molecule has 0 bridgehead atoms. The van der Waals surface area contributed by atoms with Crippen LogP contribution in [0, 0.1) is 11.3 Å². The van der Waals surface area contributed by atoms with E-state index < -0.39 is 0 Å². The van der Waals surface area contributed by atoms with Gasteiger partial charge in [0.2, 0.25) is 5.95 Å². The predicted molar refractivity (Wildman–Crippen MR) is 144 cm³/mol. The molecule has 2 heterocycles. The van der Waals surface area contributed by atoms with Gasteiger partial charge in [-0.25, -0.2) is 4.98 Å². The minimum atomic E-state index is -0.293. The van der Waals surface area contributed by atoms with Crippen molar-refractivity contribution in [2.75, 3.05) is 36.9 Å². The lowest BCUT2D eigenvalue weighted by Crippen LogP contribution is -2.26. The second kappa shape index (κ2) is 10.6. The minimum Gasteiger partial charge on any atom is -0.311 e. The summed E-state index contributed by atoms with van der Waals surface area (Å²) in [5.74, 6) is 0.0549. The molecule has 2 amide bonds. The average molecular weight is 493 g/mol. The van der Waals surface area contributed by atoms with Crippen LogP contribution >= 0.6 is 0 Å². The van der Waals surface area contributed by atoms with Crippen LogP contribution in [0.3, 0.4) is 0 Å². The van der Waals surface area contributed by atoms with Gasteiger partial charge in [0.05, 0.1) is 22.7 Å². The summed E-state index contributed by atoms with van der Waals surface area (Å²) in [5.41, 5.74) is 3.86. The fourth-order valence-corrected chi connectivity index (χ4v) is 4.66. The number of nitrogens with zero attached hydrogens (tertiary/aromatic N) is 5. The molecule has 0 aliphatic carbocycles. The van der Waals surface area contributed by atoms with Crippen LogP contribution in [0.1, 0.15) is 39.1 Å². The van der Waals surface area contributed by atoms with Crippen LogP contribution in [-0.4, -0.2) is 52.9 Å². The quantitative estimate of drug-likeness (QED) is 0.409. The first-order valence-electron chi connectivity index (χ1n) is 12.4. The molecule has 1 aromatic heterocycles. The first kappa shape index (κ1) is 24.2. The second-order valence-electron chi connectivity index (χ2n) is 9.18. The van der Waals surface area contributed by atoms with Crippen LogP contribution in [-0.2, 0) is 6.54 Å². The molecule has 0 spiro atoms. The number of imidazole rings is 1. The zero-order valence-electron chi connectivity index (χ0n) is 20.7. The molecule has 1 N–H and O–H groups in total. The number of fused-ring (bicyclic) bond motifs is 1. The molecule has 0 atom stereocenters. The van der Waals surface area contributed by atoms with Crippen LogP contribution in [0.5, 0.6) is 0 Å². The van der Waals surface area contributed by atoms with Crippen molar-refractivity contribution in [3.63, 3.8) is 0 Å². The number of hydrogen-bond acceptors (Lipinski definition) is 5. The van der Waals surface area contributed by atoms with E-state index in [1.165, 1.54) is 12.8 Å². The van der Waals surface area contributed by atoms with Crippen LogP contribution < -0.4 is 10.2 Å². The highest BCUT2D eigenvalue weighted by atomic mass is 16.2. The number of benzene rings is 3. The summed E-state index contributed by atoms with van der Waals surface area (Å²) in [4.78, 5) is 34.8. The summed E-state index contributed by atoms with van der Waals surface area (Å²) in [6.45, 7) is 3.70. The van der Waals surface area contributed by atoms with E-state index in [4.69, 9.17) is 10.2 Å². The number of nitrogens with one attached hydrogen (secondary N) is 1. The van der Waals surface area contributed by atoms with Gasteiger partial charge in [0.15, 0.2) is 0 Å². The zero-order chi connectivity index (χ0) is 25.8. The fraction of sp³-hybridized carbons (Fsp3) is 0.241. The van der Waals surface area contributed by atoms with Gasteiger partial charge in [-0.3, -0.25) is 14.9 Å². The van der Waals surface area contributed by atoms with Gasteiger partial charge in [0, 0.05) is 37.0 Å². The van der Waals surface area contributed by atoms with Gasteiger partial charge in [-0.1, -0.05) is 18.2 Å². The third kappa shape index (κ3) is 5.22. The molecule has 1 aliphatic rings. The molecule has 8 nitrogen and oxygen atoms in total. The third-order valence-corrected chi connectivity index (χ3v) is 6.78. The van der Waals surface area contributed by atoms with E-state index in [1.807, 2.05) is 41.0 Å². The van der Waals surface area contributed by atoms with Gasteiger partial charge in [-0.15, -0.1) is 0 Å². The Morgan fingerprint density at radius 1 is 0.973 bits per heavy atom. The molecule has 186 valence electrons. The molecule has 0 saturated carbocycles. The SMILES string of the molecule is CN(C(=O)c1ccccc1)c1ccc2c(c1)nc(NC(=O)c1ccc(C#N)cc1)n2CCN1CCCC1. The standard InChI is InChI=1S/C29H28N6O2/c1-33(28(37)23-7-3-2-4-8-23)24-13-14-26-25(19-24)31-29(35(26)18-17-34-15-5-6-16-34)32-27(36)22-11-9-21(20-30)10-12-22/h2-4,7-14,19H,5-6,15-18H2,1H3,(H,31,32,36). The summed E-state index contributed by atoms with van der Waals surface area (Å²) in [5, 5.41) is 12.0. The lowest BCUT2D eigenvalue weighted by molar-refractivity contribution is 0.0991. The van der Waals surface area contributed by atoms with E-state index in [0.29, 0.717) is 34.7 Å². The van der Waals surface area contributed by atoms with E-state index in [2.05, 4.69) is 16.3 Å². The smallest absolute Gasteiger partial charge is 0.258 e. The van der Waals surface area contributed by atoms with Crippen molar-refractivity contribution >= 4 is 34.5 Å². The number of carbonyl (C=O) groups is 2. The Morgan fingerprint density at radius 3 is 2.41 bits per heavy atom. The Morgan fingerprint density at radius 2 is 1.70 bits per heavy atom. The number of amides is 2. The topological polar surface area (TPSA) is 94.3 Å². The maximum absolute atomic E-state index is 13.0. The molecular formula is C29H28N6O2. The molecule has 1 fully saturated rings. The van der Waals surface area contributed by atoms with Crippen molar-refractivity contribution in [3.8, 4) is 6.07 Å². The number of carbonyl (C=O) groups excluding carboxylic acids is 2. The summed E-state index contributed by atoms with van der Waals surface area (Å²) >= 11 is 0. The second-order valence-corrected chi connectivity index (χ2v) is 9.18. The molecule has 0 unspecified atom stereocenters. The van der Waals surface area contributed by atoms with Gasteiger partial charge >= 0.3 is 0 Å². The van der Waals surface area contributed by atoms with Crippen LogP contribution in [0.4, 0.5) is 11.6 Å². The zero-order valence-corrected chi connectivity index (χ0v) is 20.7. The lowest BCUT2D eigenvalue weighted by atomic mass is 10.1. The summed E-state index contributed by atoms with van der Waals surface area (Å²) in [7, 11) is 1.74. The van der Waals surface area contributed by atoms with Crippen molar-refractivity contribution in [2.24, 2.45) is 0 Å². The van der Waals surface area contributed by atoms with Gasteiger partial charge in [-0.05, 0) is 80.5 Å². The fourth-order valence-electron chi connectivity index (χ4n) is 4.66. The lowest BCUT2D eigenvalue weighted by Gasteiger charge is -2.18. The van der Waals surface area contributed by atoms with Crippen LogP contribution in [0.2, 0.25) is 0 Å². The number of hydrogen-bond donors (Lipinski definition) is 1. The predicted octanol–water partition coefficient (Wildman–Crippen LogP) is 4.53. The number of rotatable bonds is 7. The van der Waals surface area contributed by atoms with E-state index in [9.17, 15) is 9.59 Å². The number of likely N-dealkylation sites (tertiary alicyclic amines) is 1. The van der Waals surface area contributed by atoms with E-state index >= 15 is 0 Å². The molecular weight excluding hydrogens is 464 g/mol. The summed E-state index contributed by atoms with van der Waals surface area (Å²) in [6.07, 6.45) is 2.41. The largest absolute Gasteiger partial charge is 0.311 e. The van der Waals surface area contributed by atoms with Gasteiger partial charge in [0.1, 0.15) is 0 Å². The maximum Gasteiger partial charge on any atom is 0.258 e.